The molecule has 0 bridgehead atoms. The van der Waals surface area contributed by atoms with E-state index in [0.29, 0.717) is 5.92 Å². The van der Waals surface area contributed by atoms with E-state index in [4.69, 9.17) is 0 Å². The lowest BCUT2D eigenvalue weighted by Crippen LogP contribution is -2.21. The molecule has 88 valence electrons. The summed E-state index contributed by atoms with van der Waals surface area (Å²) in [5, 5.41) is 0. The molecule has 0 radical (unpaired) electrons. The van der Waals surface area contributed by atoms with Gasteiger partial charge < -0.3 is 4.90 Å². The quantitative estimate of drug-likeness (QED) is 0.747. The summed E-state index contributed by atoms with van der Waals surface area (Å²) < 4.78 is 13.7. The van der Waals surface area contributed by atoms with Crippen molar-refractivity contribution in [1.82, 2.24) is 0 Å². The van der Waals surface area contributed by atoms with Gasteiger partial charge in [0.2, 0.25) is 0 Å². The number of hydrogen-bond acceptors (Lipinski definition) is 1. The number of hydrogen-bond donors (Lipinski definition) is 0. The molecule has 16 heavy (non-hydrogen) atoms. The van der Waals surface area contributed by atoms with E-state index in [1.165, 1.54) is 18.4 Å². The first-order chi connectivity index (χ1) is 7.58. The van der Waals surface area contributed by atoms with Crippen molar-refractivity contribution in [3.05, 3.63) is 29.6 Å². The van der Waals surface area contributed by atoms with Gasteiger partial charge in [0, 0.05) is 13.6 Å². The predicted molar refractivity (Wildman–Crippen MR) is 66.5 cm³/mol. The highest BCUT2D eigenvalue weighted by Crippen LogP contribution is 2.32. The SMILES string of the molecule is CC(C)c1ccc(F)c(N(C)CC2CC2)c1. The molecule has 0 N–H and O–H groups in total. The van der Waals surface area contributed by atoms with E-state index in [9.17, 15) is 4.39 Å². The molecule has 1 nitrogen and oxygen atoms in total. The first-order valence-corrected chi connectivity index (χ1v) is 6.08. The van der Waals surface area contributed by atoms with Crippen LogP contribution in [0.15, 0.2) is 18.2 Å². The highest BCUT2D eigenvalue weighted by atomic mass is 19.1. The molecule has 1 aromatic rings. The molecule has 0 aromatic heterocycles. The van der Waals surface area contributed by atoms with Crippen LogP contribution in [0.3, 0.4) is 0 Å². The normalized spacial score (nSPS) is 15.6. The molecule has 0 atom stereocenters. The molecule has 1 aliphatic rings. The van der Waals surface area contributed by atoms with Crippen LogP contribution in [0.1, 0.15) is 38.2 Å². The van der Waals surface area contributed by atoms with Crippen LogP contribution in [0.5, 0.6) is 0 Å². The Labute approximate surface area is 97.3 Å². The predicted octanol–water partition coefficient (Wildman–Crippen LogP) is 3.80. The second kappa shape index (κ2) is 4.44. The summed E-state index contributed by atoms with van der Waals surface area (Å²) in [7, 11) is 1.99. The van der Waals surface area contributed by atoms with Crippen LogP contribution in [0.25, 0.3) is 0 Å². The van der Waals surface area contributed by atoms with Gasteiger partial charge in [0.25, 0.3) is 0 Å². The fraction of sp³-hybridized carbons (Fsp3) is 0.571. The molecule has 1 aromatic carbocycles. The van der Waals surface area contributed by atoms with Crippen molar-refractivity contribution < 1.29 is 4.39 Å². The fourth-order valence-electron chi connectivity index (χ4n) is 1.97. The van der Waals surface area contributed by atoms with Crippen LogP contribution in [0, 0.1) is 11.7 Å². The zero-order valence-corrected chi connectivity index (χ0v) is 10.3. The zero-order valence-electron chi connectivity index (χ0n) is 10.3. The molecule has 0 spiro atoms. The van der Waals surface area contributed by atoms with Crippen LogP contribution < -0.4 is 4.90 Å². The van der Waals surface area contributed by atoms with E-state index in [0.717, 1.165) is 18.2 Å². The standard InChI is InChI=1S/C14H20FN/c1-10(2)12-6-7-13(15)14(8-12)16(3)9-11-4-5-11/h6-8,10-11H,4-5,9H2,1-3H3. The van der Waals surface area contributed by atoms with Gasteiger partial charge in [-0.05, 0) is 42.4 Å². The molecule has 0 saturated heterocycles. The van der Waals surface area contributed by atoms with E-state index in [1.807, 2.05) is 19.2 Å². The monoisotopic (exact) mass is 221 g/mol. The van der Waals surface area contributed by atoms with Gasteiger partial charge in [-0.3, -0.25) is 0 Å². The van der Waals surface area contributed by atoms with E-state index < -0.39 is 0 Å². The maximum atomic E-state index is 13.7. The molecule has 1 fully saturated rings. The van der Waals surface area contributed by atoms with E-state index in [2.05, 4.69) is 18.7 Å². The fourth-order valence-corrected chi connectivity index (χ4v) is 1.97. The van der Waals surface area contributed by atoms with Gasteiger partial charge >= 0.3 is 0 Å². The van der Waals surface area contributed by atoms with E-state index in [-0.39, 0.29) is 5.82 Å². The minimum atomic E-state index is -0.104. The Hall–Kier alpha value is -1.05. The molecular weight excluding hydrogens is 201 g/mol. The zero-order chi connectivity index (χ0) is 11.7. The number of benzene rings is 1. The second-order valence-corrected chi connectivity index (χ2v) is 5.19. The van der Waals surface area contributed by atoms with Gasteiger partial charge in [0.1, 0.15) is 5.82 Å². The summed E-state index contributed by atoms with van der Waals surface area (Å²) in [4.78, 5) is 2.05. The molecule has 2 heteroatoms. The lowest BCUT2D eigenvalue weighted by Gasteiger charge is -2.21. The maximum Gasteiger partial charge on any atom is 0.146 e. The number of anilines is 1. The molecule has 0 amide bonds. The molecular formula is C14H20FN. The van der Waals surface area contributed by atoms with Crippen molar-refractivity contribution in [3.63, 3.8) is 0 Å². The van der Waals surface area contributed by atoms with Crippen molar-refractivity contribution in [1.29, 1.82) is 0 Å². The number of nitrogens with zero attached hydrogens (tertiary/aromatic N) is 1. The van der Waals surface area contributed by atoms with Crippen LogP contribution in [-0.2, 0) is 0 Å². The van der Waals surface area contributed by atoms with Gasteiger partial charge in [-0.1, -0.05) is 19.9 Å². The van der Waals surface area contributed by atoms with Crippen LogP contribution >= 0.6 is 0 Å². The van der Waals surface area contributed by atoms with Crippen molar-refractivity contribution in [3.8, 4) is 0 Å². The van der Waals surface area contributed by atoms with Gasteiger partial charge in [0.05, 0.1) is 5.69 Å². The summed E-state index contributed by atoms with van der Waals surface area (Å²) >= 11 is 0. The Balaban J connectivity index is 2.19. The van der Waals surface area contributed by atoms with Gasteiger partial charge in [0.15, 0.2) is 0 Å². The van der Waals surface area contributed by atoms with Crippen LogP contribution in [0.2, 0.25) is 0 Å². The molecule has 0 aliphatic heterocycles. The number of rotatable bonds is 4. The van der Waals surface area contributed by atoms with Gasteiger partial charge in [-0.15, -0.1) is 0 Å². The van der Waals surface area contributed by atoms with Gasteiger partial charge in [-0.25, -0.2) is 4.39 Å². The summed E-state index contributed by atoms with van der Waals surface area (Å²) in [6.07, 6.45) is 2.60. The van der Waals surface area contributed by atoms with Crippen molar-refractivity contribution >= 4 is 5.69 Å². The van der Waals surface area contributed by atoms with Crippen molar-refractivity contribution in [2.24, 2.45) is 5.92 Å². The third kappa shape index (κ3) is 2.55. The van der Waals surface area contributed by atoms with Gasteiger partial charge in [-0.2, -0.15) is 0 Å². The minimum Gasteiger partial charge on any atom is -0.372 e. The number of halogens is 1. The molecule has 2 rings (SSSR count). The Morgan fingerprint density at radius 1 is 1.38 bits per heavy atom. The van der Waals surface area contributed by atoms with E-state index >= 15 is 0 Å². The average molecular weight is 221 g/mol. The first kappa shape index (κ1) is 11.4. The topological polar surface area (TPSA) is 3.24 Å². The minimum absolute atomic E-state index is 0.104. The highest BCUT2D eigenvalue weighted by Gasteiger charge is 2.24. The maximum absolute atomic E-state index is 13.7. The third-order valence-electron chi connectivity index (χ3n) is 3.28. The van der Waals surface area contributed by atoms with Crippen LogP contribution in [0.4, 0.5) is 10.1 Å². The van der Waals surface area contributed by atoms with Crippen molar-refractivity contribution in [2.45, 2.75) is 32.6 Å². The van der Waals surface area contributed by atoms with Crippen molar-refractivity contribution in [2.75, 3.05) is 18.5 Å². The largest absolute Gasteiger partial charge is 0.372 e. The van der Waals surface area contributed by atoms with E-state index in [1.54, 1.807) is 6.07 Å². The molecule has 1 aliphatic carbocycles. The lowest BCUT2D eigenvalue weighted by molar-refractivity contribution is 0.617. The third-order valence-corrected chi connectivity index (χ3v) is 3.28. The average Bonchev–Trinajstić information content (AvgIpc) is 3.01. The Bertz CT molecular complexity index is 369. The molecule has 1 saturated carbocycles. The summed E-state index contributed by atoms with van der Waals surface area (Å²) in [6.45, 7) is 5.26. The Morgan fingerprint density at radius 2 is 2.06 bits per heavy atom. The molecule has 0 heterocycles. The van der Waals surface area contributed by atoms with Crippen LogP contribution in [-0.4, -0.2) is 13.6 Å². The Morgan fingerprint density at radius 3 is 2.62 bits per heavy atom. The Kier molecular flexibility index (Phi) is 3.17. The summed E-state index contributed by atoms with van der Waals surface area (Å²) in [5.74, 6) is 1.13. The second-order valence-electron chi connectivity index (χ2n) is 5.19. The lowest BCUT2D eigenvalue weighted by atomic mass is 10.0. The summed E-state index contributed by atoms with van der Waals surface area (Å²) in [5.41, 5.74) is 1.96. The first-order valence-electron chi connectivity index (χ1n) is 6.08. The highest BCUT2D eigenvalue weighted by molar-refractivity contribution is 5.50. The summed E-state index contributed by atoms with van der Waals surface area (Å²) in [6, 6.07) is 5.46. The smallest absolute Gasteiger partial charge is 0.146 e. The molecule has 0 unspecified atom stereocenters.